The third kappa shape index (κ3) is 2.12. The van der Waals surface area contributed by atoms with Crippen LogP contribution in [0.2, 0.25) is 0 Å². The number of benzene rings is 1. The molecule has 0 aliphatic carbocycles. The molecule has 13 heavy (non-hydrogen) atoms. The summed E-state index contributed by atoms with van der Waals surface area (Å²) in [6.07, 6.45) is 3.93. The molecule has 2 heteroatoms. The fourth-order valence-electron chi connectivity index (χ4n) is 1.87. The lowest BCUT2D eigenvalue weighted by Gasteiger charge is -2.24. The molecule has 1 nitrogen and oxygen atoms in total. The predicted molar refractivity (Wildman–Crippen MR) is 58.7 cm³/mol. The van der Waals surface area contributed by atoms with E-state index in [1.54, 1.807) is 0 Å². The average molecular weight is 240 g/mol. The highest BCUT2D eigenvalue weighted by Crippen LogP contribution is 2.28. The molecule has 0 bridgehead atoms. The average Bonchev–Trinajstić information content (AvgIpc) is 2.20. The van der Waals surface area contributed by atoms with Crippen molar-refractivity contribution in [3.05, 3.63) is 34.3 Å². The van der Waals surface area contributed by atoms with Crippen molar-refractivity contribution in [3.63, 3.8) is 0 Å². The summed E-state index contributed by atoms with van der Waals surface area (Å²) in [6, 6.07) is 9.05. The highest BCUT2D eigenvalue weighted by molar-refractivity contribution is 9.10. The summed E-state index contributed by atoms with van der Waals surface area (Å²) in [7, 11) is 0. The van der Waals surface area contributed by atoms with Gasteiger partial charge in [-0.05, 0) is 31.0 Å². The van der Waals surface area contributed by atoms with E-state index in [2.05, 4.69) is 45.5 Å². The first kappa shape index (κ1) is 9.22. The van der Waals surface area contributed by atoms with Crippen LogP contribution >= 0.6 is 15.9 Å². The fourth-order valence-corrected chi connectivity index (χ4v) is 2.44. The third-order valence-electron chi connectivity index (χ3n) is 2.59. The maximum Gasteiger partial charge on any atom is 0.0331 e. The van der Waals surface area contributed by atoms with Crippen molar-refractivity contribution in [1.82, 2.24) is 5.32 Å². The second-order valence-electron chi connectivity index (χ2n) is 3.52. The van der Waals surface area contributed by atoms with Gasteiger partial charge in [0.25, 0.3) is 0 Å². The zero-order valence-electron chi connectivity index (χ0n) is 7.59. The Labute approximate surface area is 87.7 Å². The molecule has 1 atom stereocenters. The van der Waals surface area contributed by atoms with Crippen LogP contribution in [0, 0.1) is 0 Å². The van der Waals surface area contributed by atoms with Gasteiger partial charge in [0.2, 0.25) is 0 Å². The fraction of sp³-hybridized carbons (Fsp3) is 0.455. The van der Waals surface area contributed by atoms with Gasteiger partial charge in [0, 0.05) is 10.5 Å². The standard InChI is InChI=1S/C11H14BrN/c12-10-6-2-1-5-9(10)11-7-3-4-8-13-11/h1-2,5-6,11,13H,3-4,7-8H2/t11-/m0/s1. The van der Waals surface area contributed by atoms with Crippen LogP contribution in [0.5, 0.6) is 0 Å². The summed E-state index contributed by atoms with van der Waals surface area (Å²) >= 11 is 3.59. The molecular formula is C11H14BrN. The molecule has 1 heterocycles. The van der Waals surface area contributed by atoms with Gasteiger partial charge in [-0.15, -0.1) is 0 Å². The quantitative estimate of drug-likeness (QED) is 0.794. The molecule has 1 saturated heterocycles. The molecular weight excluding hydrogens is 226 g/mol. The van der Waals surface area contributed by atoms with Gasteiger partial charge in [-0.3, -0.25) is 0 Å². The van der Waals surface area contributed by atoms with Gasteiger partial charge in [0.05, 0.1) is 0 Å². The second-order valence-corrected chi connectivity index (χ2v) is 4.38. The zero-order valence-corrected chi connectivity index (χ0v) is 9.18. The number of hydrogen-bond acceptors (Lipinski definition) is 1. The monoisotopic (exact) mass is 239 g/mol. The van der Waals surface area contributed by atoms with Gasteiger partial charge in [-0.2, -0.15) is 0 Å². The minimum atomic E-state index is 0.560. The predicted octanol–water partition coefficient (Wildman–Crippen LogP) is 3.26. The van der Waals surface area contributed by atoms with Gasteiger partial charge >= 0.3 is 0 Å². The zero-order chi connectivity index (χ0) is 9.10. The molecule has 0 aromatic heterocycles. The van der Waals surface area contributed by atoms with Crippen molar-refractivity contribution < 1.29 is 0 Å². The lowest BCUT2D eigenvalue weighted by molar-refractivity contribution is 0.411. The SMILES string of the molecule is Brc1ccccc1[C@@H]1CCCCN1. The summed E-state index contributed by atoms with van der Waals surface area (Å²) in [4.78, 5) is 0. The summed E-state index contributed by atoms with van der Waals surface area (Å²) in [6.45, 7) is 1.16. The van der Waals surface area contributed by atoms with Crippen LogP contribution in [0.3, 0.4) is 0 Å². The van der Waals surface area contributed by atoms with Crippen LogP contribution in [-0.2, 0) is 0 Å². The molecule has 0 saturated carbocycles. The maximum absolute atomic E-state index is 3.59. The largest absolute Gasteiger partial charge is 0.310 e. The van der Waals surface area contributed by atoms with E-state index in [1.165, 1.54) is 29.3 Å². The number of halogens is 1. The van der Waals surface area contributed by atoms with Crippen molar-refractivity contribution in [3.8, 4) is 0 Å². The molecule has 1 aromatic carbocycles. The lowest BCUT2D eigenvalue weighted by Crippen LogP contribution is -2.26. The molecule has 1 aliphatic rings. The molecule has 1 aliphatic heterocycles. The molecule has 0 radical (unpaired) electrons. The van der Waals surface area contributed by atoms with E-state index in [4.69, 9.17) is 0 Å². The van der Waals surface area contributed by atoms with Crippen LogP contribution in [0.15, 0.2) is 28.7 Å². The van der Waals surface area contributed by atoms with Crippen molar-refractivity contribution in [2.75, 3.05) is 6.54 Å². The Bertz CT molecular complexity index is 279. The Balaban J connectivity index is 2.18. The first-order valence-corrected chi connectivity index (χ1v) is 5.65. The van der Waals surface area contributed by atoms with Crippen molar-refractivity contribution >= 4 is 15.9 Å². The molecule has 1 fully saturated rings. The topological polar surface area (TPSA) is 12.0 Å². The van der Waals surface area contributed by atoms with Crippen LogP contribution in [0.1, 0.15) is 30.9 Å². The Morgan fingerprint density at radius 3 is 2.77 bits per heavy atom. The van der Waals surface area contributed by atoms with E-state index in [1.807, 2.05) is 0 Å². The molecule has 0 spiro atoms. The van der Waals surface area contributed by atoms with Gasteiger partial charge in [0.1, 0.15) is 0 Å². The Morgan fingerprint density at radius 1 is 1.23 bits per heavy atom. The Morgan fingerprint density at radius 2 is 2.08 bits per heavy atom. The van der Waals surface area contributed by atoms with E-state index in [9.17, 15) is 0 Å². The first-order valence-electron chi connectivity index (χ1n) is 4.86. The summed E-state index contributed by atoms with van der Waals surface area (Å²) < 4.78 is 1.23. The van der Waals surface area contributed by atoms with E-state index in [0.717, 1.165) is 6.54 Å². The Kier molecular flexibility index (Phi) is 3.01. The molecule has 2 rings (SSSR count). The first-order chi connectivity index (χ1) is 6.38. The maximum atomic E-state index is 3.59. The van der Waals surface area contributed by atoms with Crippen LogP contribution in [0.25, 0.3) is 0 Å². The number of nitrogens with one attached hydrogen (secondary N) is 1. The van der Waals surface area contributed by atoms with E-state index in [0.29, 0.717) is 6.04 Å². The summed E-state index contributed by atoms with van der Waals surface area (Å²) in [5, 5.41) is 3.55. The van der Waals surface area contributed by atoms with Crippen LogP contribution in [0.4, 0.5) is 0 Å². The third-order valence-corrected chi connectivity index (χ3v) is 3.31. The van der Waals surface area contributed by atoms with E-state index < -0.39 is 0 Å². The van der Waals surface area contributed by atoms with Gasteiger partial charge in [-0.1, -0.05) is 40.5 Å². The van der Waals surface area contributed by atoms with E-state index in [-0.39, 0.29) is 0 Å². The van der Waals surface area contributed by atoms with Crippen LogP contribution in [-0.4, -0.2) is 6.54 Å². The number of piperidine rings is 1. The van der Waals surface area contributed by atoms with Crippen LogP contribution < -0.4 is 5.32 Å². The van der Waals surface area contributed by atoms with Crippen molar-refractivity contribution in [1.29, 1.82) is 0 Å². The summed E-state index contributed by atoms with van der Waals surface area (Å²) in [5.74, 6) is 0. The van der Waals surface area contributed by atoms with Gasteiger partial charge < -0.3 is 5.32 Å². The molecule has 0 amide bonds. The van der Waals surface area contributed by atoms with Gasteiger partial charge in [0.15, 0.2) is 0 Å². The van der Waals surface area contributed by atoms with E-state index >= 15 is 0 Å². The molecule has 1 N–H and O–H groups in total. The van der Waals surface area contributed by atoms with Crippen molar-refractivity contribution in [2.24, 2.45) is 0 Å². The van der Waals surface area contributed by atoms with Gasteiger partial charge in [-0.25, -0.2) is 0 Å². The molecule has 70 valence electrons. The van der Waals surface area contributed by atoms with Crippen molar-refractivity contribution in [2.45, 2.75) is 25.3 Å². The lowest BCUT2D eigenvalue weighted by atomic mass is 9.98. The summed E-state index contributed by atoms with van der Waals surface area (Å²) in [5.41, 5.74) is 1.40. The second kappa shape index (κ2) is 4.25. The number of rotatable bonds is 1. The smallest absolute Gasteiger partial charge is 0.0331 e. The normalized spacial score (nSPS) is 23.0. The highest BCUT2D eigenvalue weighted by Gasteiger charge is 2.15. The molecule has 1 aromatic rings. The number of hydrogen-bond donors (Lipinski definition) is 1. The Hall–Kier alpha value is -0.340. The molecule has 0 unspecified atom stereocenters. The minimum Gasteiger partial charge on any atom is -0.310 e. The highest BCUT2D eigenvalue weighted by atomic mass is 79.9. The minimum absolute atomic E-state index is 0.560.